The molecule has 0 radical (unpaired) electrons. The average Bonchev–Trinajstić information content (AvgIpc) is 2.42. The monoisotopic (exact) mass is 232 g/mol. The predicted molar refractivity (Wildman–Crippen MR) is 70.8 cm³/mol. The summed E-state index contributed by atoms with van der Waals surface area (Å²) in [5, 5.41) is 12.8. The summed E-state index contributed by atoms with van der Waals surface area (Å²) in [5.41, 5.74) is 1.18. The van der Waals surface area contributed by atoms with Crippen molar-refractivity contribution in [3.8, 4) is 0 Å². The van der Waals surface area contributed by atoms with E-state index in [1.165, 1.54) is 5.56 Å². The number of hydrogen-bond acceptors (Lipinski definition) is 3. The van der Waals surface area contributed by atoms with Gasteiger partial charge in [-0.15, -0.1) is 0 Å². The van der Waals surface area contributed by atoms with E-state index in [1.807, 2.05) is 18.2 Å². The molecule has 2 N–H and O–H groups in total. The Balaban J connectivity index is 1.96. The standard InChI is InChI=1S/C14H20N2O/c17-12-14(16-10-8-15-9-11-16)7-6-13-4-2-1-3-5-13/h1-7,14-15,17H,8-12H2/b7-6+/t14-/m0/s1. The lowest BCUT2D eigenvalue weighted by Gasteiger charge is -2.32. The topological polar surface area (TPSA) is 35.5 Å². The van der Waals surface area contributed by atoms with E-state index >= 15 is 0 Å². The minimum absolute atomic E-state index is 0.136. The first-order chi connectivity index (χ1) is 8.40. The van der Waals surface area contributed by atoms with E-state index in [-0.39, 0.29) is 12.6 Å². The number of rotatable bonds is 4. The van der Waals surface area contributed by atoms with E-state index in [0.717, 1.165) is 26.2 Å². The van der Waals surface area contributed by atoms with Crippen molar-refractivity contribution in [2.75, 3.05) is 32.8 Å². The Morgan fingerprint density at radius 2 is 1.94 bits per heavy atom. The molecule has 1 saturated heterocycles. The van der Waals surface area contributed by atoms with Gasteiger partial charge in [-0.1, -0.05) is 42.5 Å². The first-order valence-electron chi connectivity index (χ1n) is 6.19. The fourth-order valence-corrected chi connectivity index (χ4v) is 2.10. The Morgan fingerprint density at radius 3 is 2.59 bits per heavy atom. The van der Waals surface area contributed by atoms with Gasteiger partial charge in [-0.2, -0.15) is 0 Å². The van der Waals surface area contributed by atoms with Gasteiger partial charge in [0.1, 0.15) is 0 Å². The molecule has 0 bridgehead atoms. The highest BCUT2D eigenvalue weighted by atomic mass is 16.3. The SMILES string of the molecule is OC[C@H](/C=C/c1ccccc1)N1CCNCC1. The van der Waals surface area contributed by atoms with Crippen molar-refractivity contribution in [3.05, 3.63) is 42.0 Å². The molecule has 0 spiro atoms. The Morgan fingerprint density at radius 1 is 1.24 bits per heavy atom. The highest BCUT2D eigenvalue weighted by Crippen LogP contribution is 2.07. The van der Waals surface area contributed by atoms with E-state index < -0.39 is 0 Å². The maximum Gasteiger partial charge on any atom is 0.0622 e. The van der Waals surface area contributed by atoms with Crippen LogP contribution in [0.3, 0.4) is 0 Å². The molecule has 0 aliphatic carbocycles. The summed E-state index contributed by atoms with van der Waals surface area (Å²) in [7, 11) is 0. The lowest BCUT2D eigenvalue weighted by atomic mass is 10.1. The molecular formula is C14H20N2O. The summed E-state index contributed by atoms with van der Waals surface area (Å²) in [6, 6.07) is 10.3. The van der Waals surface area contributed by atoms with Crippen molar-refractivity contribution in [1.29, 1.82) is 0 Å². The maximum absolute atomic E-state index is 9.44. The second-order valence-corrected chi connectivity index (χ2v) is 4.31. The minimum atomic E-state index is 0.136. The van der Waals surface area contributed by atoms with Gasteiger partial charge in [0.15, 0.2) is 0 Å². The minimum Gasteiger partial charge on any atom is -0.394 e. The largest absolute Gasteiger partial charge is 0.394 e. The van der Waals surface area contributed by atoms with Gasteiger partial charge in [0, 0.05) is 26.2 Å². The molecule has 1 aromatic carbocycles. The lowest BCUT2D eigenvalue weighted by molar-refractivity contribution is 0.138. The Kier molecular flexibility index (Phi) is 4.74. The fraction of sp³-hybridized carbons (Fsp3) is 0.429. The summed E-state index contributed by atoms with van der Waals surface area (Å²) in [6.45, 7) is 4.21. The molecule has 0 amide bonds. The quantitative estimate of drug-likeness (QED) is 0.812. The van der Waals surface area contributed by atoms with E-state index in [9.17, 15) is 5.11 Å². The zero-order valence-corrected chi connectivity index (χ0v) is 10.0. The van der Waals surface area contributed by atoms with Gasteiger partial charge in [0.25, 0.3) is 0 Å². The average molecular weight is 232 g/mol. The molecule has 1 fully saturated rings. The second kappa shape index (κ2) is 6.55. The first kappa shape index (κ1) is 12.3. The van der Waals surface area contributed by atoms with Crippen LogP contribution in [0.25, 0.3) is 6.08 Å². The zero-order chi connectivity index (χ0) is 11.9. The van der Waals surface area contributed by atoms with Crippen molar-refractivity contribution < 1.29 is 5.11 Å². The third kappa shape index (κ3) is 3.66. The van der Waals surface area contributed by atoms with Gasteiger partial charge < -0.3 is 10.4 Å². The van der Waals surface area contributed by atoms with Crippen molar-refractivity contribution in [3.63, 3.8) is 0 Å². The molecule has 1 aromatic rings. The van der Waals surface area contributed by atoms with Crippen LogP contribution in [-0.4, -0.2) is 48.8 Å². The van der Waals surface area contributed by atoms with Crippen LogP contribution in [0.1, 0.15) is 5.56 Å². The molecule has 0 aromatic heterocycles. The molecular weight excluding hydrogens is 212 g/mol. The zero-order valence-electron chi connectivity index (χ0n) is 10.0. The van der Waals surface area contributed by atoms with Crippen LogP contribution < -0.4 is 5.32 Å². The van der Waals surface area contributed by atoms with Crippen LogP contribution in [0.15, 0.2) is 36.4 Å². The van der Waals surface area contributed by atoms with E-state index in [4.69, 9.17) is 0 Å². The summed E-state index contributed by atoms with van der Waals surface area (Å²) in [4.78, 5) is 2.32. The highest BCUT2D eigenvalue weighted by molar-refractivity contribution is 5.49. The summed E-state index contributed by atoms with van der Waals surface area (Å²) >= 11 is 0. The molecule has 1 aliphatic rings. The van der Waals surface area contributed by atoms with Gasteiger partial charge in [-0.25, -0.2) is 0 Å². The number of nitrogens with zero attached hydrogens (tertiary/aromatic N) is 1. The van der Waals surface area contributed by atoms with Crippen LogP contribution in [0.4, 0.5) is 0 Å². The van der Waals surface area contributed by atoms with Crippen molar-refractivity contribution in [2.24, 2.45) is 0 Å². The number of piperazine rings is 1. The van der Waals surface area contributed by atoms with E-state index in [0.29, 0.717) is 0 Å². The summed E-state index contributed by atoms with van der Waals surface area (Å²) in [5.74, 6) is 0. The maximum atomic E-state index is 9.44. The van der Waals surface area contributed by atoms with Crippen LogP contribution in [0.5, 0.6) is 0 Å². The third-order valence-corrected chi connectivity index (χ3v) is 3.12. The van der Waals surface area contributed by atoms with E-state index in [1.54, 1.807) is 0 Å². The third-order valence-electron chi connectivity index (χ3n) is 3.12. The lowest BCUT2D eigenvalue weighted by Crippen LogP contribution is -2.48. The van der Waals surface area contributed by atoms with Gasteiger partial charge in [-0.05, 0) is 5.56 Å². The van der Waals surface area contributed by atoms with Gasteiger partial charge in [0.05, 0.1) is 12.6 Å². The number of nitrogens with one attached hydrogen (secondary N) is 1. The Hall–Kier alpha value is -1.16. The van der Waals surface area contributed by atoms with Crippen LogP contribution in [0.2, 0.25) is 0 Å². The van der Waals surface area contributed by atoms with Crippen LogP contribution in [-0.2, 0) is 0 Å². The smallest absolute Gasteiger partial charge is 0.0622 e. The van der Waals surface area contributed by atoms with Crippen LogP contribution in [0, 0.1) is 0 Å². The van der Waals surface area contributed by atoms with Gasteiger partial charge >= 0.3 is 0 Å². The van der Waals surface area contributed by atoms with Gasteiger partial charge in [0.2, 0.25) is 0 Å². The van der Waals surface area contributed by atoms with Crippen molar-refractivity contribution >= 4 is 6.08 Å². The molecule has 92 valence electrons. The second-order valence-electron chi connectivity index (χ2n) is 4.31. The van der Waals surface area contributed by atoms with Crippen molar-refractivity contribution in [2.45, 2.75) is 6.04 Å². The molecule has 3 nitrogen and oxygen atoms in total. The highest BCUT2D eigenvalue weighted by Gasteiger charge is 2.16. The fourth-order valence-electron chi connectivity index (χ4n) is 2.10. The molecule has 0 saturated carbocycles. The van der Waals surface area contributed by atoms with Crippen molar-refractivity contribution in [1.82, 2.24) is 10.2 Å². The normalized spacial score (nSPS) is 19.6. The number of benzene rings is 1. The molecule has 17 heavy (non-hydrogen) atoms. The summed E-state index contributed by atoms with van der Waals surface area (Å²) < 4.78 is 0. The molecule has 3 heteroatoms. The summed E-state index contributed by atoms with van der Waals surface area (Å²) in [6.07, 6.45) is 4.18. The molecule has 1 atom stereocenters. The number of aliphatic hydroxyl groups excluding tert-OH is 1. The molecule has 1 heterocycles. The Labute approximate surface area is 103 Å². The number of aliphatic hydroxyl groups is 1. The van der Waals surface area contributed by atoms with Crippen LogP contribution >= 0.6 is 0 Å². The first-order valence-corrected chi connectivity index (χ1v) is 6.19. The molecule has 0 unspecified atom stereocenters. The predicted octanol–water partition coefficient (Wildman–Crippen LogP) is 0.966. The van der Waals surface area contributed by atoms with Gasteiger partial charge in [-0.3, -0.25) is 4.90 Å². The molecule has 2 rings (SSSR count). The number of hydrogen-bond donors (Lipinski definition) is 2. The Bertz CT molecular complexity index is 344. The van der Waals surface area contributed by atoms with E-state index in [2.05, 4.69) is 34.5 Å². The molecule has 1 aliphatic heterocycles.